The average Bonchev–Trinajstić information content (AvgIpc) is 3.56. The fourth-order valence-electron chi connectivity index (χ4n) is 8.81. The molecule has 0 aromatic heterocycles. The van der Waals surface area contributed by atoms with Gasteiger partial charge in [-0.15, -0.1) is 0 Å². The van der Waals surface area contributed by atoms with Gasteiger partial charge in [-0.3, -0.25) is 19.2 Å². The van der Waals surface area contributed by atoms with Gasteiger partial charge in [-0.1, -0.05) is 27.7 Å². The topological polar surface area (TPSA) is 223 Å². The molecule has 4 fully saturated rings. The summed E-state index contributed by atoms with van der Waals surface area (Å²) in [6, 6.07) is -2.65. The Morgan fingerprint density at radius 1 is 0.737 bits per heavy atom. The summed E-state index contributed by atoms with van der Waals surface area (Å²) in [6.07, 6.45) is 6.02. The zero-order valence-corrected chi connectivity index (χ0v) is 35.7. The molecule has 0 aromatic carbocycles. The predicted molar refractivity (Wildman–Crippen MR) is 218 cm³/mol. The number of azo groups is 1. The number of sulfonamides is 1. The van der Waals surface area contributed by atoms with Crippen LogP contribution in [-0.4, -0.2) is 142 Å². The van der Waals surface area contributed by atoms with Crippen LogP contribution < -0.4 is 31.3 Å². The Labute approximate surface area is 339 Å². The molecule has 3 saturated carbocycles. The van der Waals surface area contributed by atoms with Crippen LogP contribution in [0.2, 0.25) is 0 Å². The molecule has 4 aliphatic rings. The number of rotatable bonds is 22. The third kappa shape index (κ3) is 14.2. The summed E-state index contributed by atoms with van der Waals surface area (Å²) >= 11 is 0. The van der Waals surface area contributed by atoms with Gasteiger partial charge in [0.05, 0.1) is 23.4 Å². The Bertz CT molecular complexity index is 1440. The van der Waals surface area contributed by atoms with E-state index < -0.39 is 50.9 Å². The van der Waals surface area contributed by atoms with Gasteiger partial charge in [0.2, 0.25) is 27.9 Å². The van der Waals surface area contributed by atoms with Crippen molar-refractivity contribution in [2.75, 3.05) is 52.4 Å². The lowest BCUT2D eigenvalue weighted by molar-refractivity contribution is -0.131. The number of Topliss-reactive ketones (excluding diaryl/α,β-unsaturated/α-hetero) is 1. The van der Waals surface area contributed by atoms with Gasteiger partial charge in [-0.25, -0.2) is 17.9 Å². The second-order valence-corrected chi connectivity index (χ2v) is 18.3. The van der Waals surface area contributed by atoms with E-state index in [1.807, 2.05) is 0 Å². The van der Waals surface area contributed by atoms with Crippen molar-refractivity contribution in [2.24, 2.45) is 22.1 Å². The first kappa shape index (κ1) is 46.5. The molecule has 1 aliphatic heterocycles. The summed E-state index contributed by atoms with van der Waals surface area (Å²) in [4.78, 5) is 68.6. The van der Waals surface area contributed by atoms with Crippen LogP contribution in [-0.2, 0) is 29.2 Å². The number of nitrogens with zero attached hydrogens (tertiary/aromatic N) is 4. The minimum absolute atomic E-state index is 0.0350. The van der Waals surface area contributed by atoms with Gasteiger partial charge in [0.15, 0.2) is 5.78 Å². The Balaban J connectivity index is 1.30. The average molecular weight is 823 g/mol. The van der Waals surface area contributed by atoms with Crippen LogP contribution in [0.3, 0.4) is 0 Å². The molecule has 1 heterocycles. The summed E-state index contributed by atoms with van der Waals surface area (Å²) in [7, 11) is -3.81. The van der Waals surface area contributed by atoms with Gasteiger partial charge in [-0.05, 0) is 123 Å². The zero-order valence-electron chi connectivity index (χ0n) is 34.9. The number of urea groups is 1. The number of fused-ring (bicyclic) bond motifs is 1. The quantitative estimate of drug-likeness (QED) is 0.0532. The molecule has 57 heavy (non-hydrogen) atoms. The van der Waals surface area contributed by atoms with Crippen LogP contribution in [0.15, 0.2) is 10.2 Å². The highest BCUT2D eigenvalue weighted by Crippen LogP contribution is 2.32. The van der Waals surface area contributed by atoms with Gasteiger partial charge in [0, 0.05) is 37.0 Å². The predicted octanol–water partition coefficient (Wildman–Crippen LogP) is 1.83. The molecule has 17 nitrogen and oxygen atoms in total. The van der Waals surface area contributed by atoms with Crippen LogP contribution in [0, 0.1) is 11.8 Å². The van der Waals surface area contributed by atoms with Crippen LogP contribution in [0.25, 0.3) is 0 Å². The molecule has 324 valence electrons. The lowest BCUT2D eigenvalue weighted by Crippen LogP contribution is -2.50. The molecule has 6 atom stereocenters. The van der Waals surface area contributed by atoms with E-state index in [1.54, 1.807) is 0 Å². The number of hydrogen-bond donors (Lipinski definition) is 6. The van der Waals surface area contributed by atoms with Gasteiger partial charge < -0.3 is 36.4 Å². The molecule has 6 unspecified atom stereocenters. The first-order valence-electron chi connectivity index (χ1n) is 21.6. The van der Waals surface area contributed by atoms with Crippen molar-refractivity contribution >= 4 is 39.6 Å². The maximum Gasteiger partial charge on any atom is 0.315 e. The second kappa shape index (κ2) is 22.8. The smallest absolute Gasteiger partial charge is 0.315 e. The van der Waals surface area contributed by atoms with E-state index in [-0.39, 0.29) is 42.0 Å². The number of nitrogens with one attached hydrogen (secondary N) is 6. The van der Waals surface area contributed by atoms with E-state index in [2.05, 4.69) is 79.0 Å². The molecular formula is C39H70N10O7S. The molecule has 0 bridgehead atoms. The Morgan fingerprint density at radius 3 is 1.81 bits per heavy atom. The number of carbonyl (C=O) groups excluding carboxylic acids is 5. The summed E-state index contributed by atoms with van der Waals surface area (Å²) in [6.45, 7) is 16.3. The molecule has 0 radical (unpaired) electrons. The SMILES string of the molecule is CCN(CC)CCCNC(=O)C1CC(NS(=O)(=O)C2CCC(N=NC(C(C)=O)C(=O)NC3CCC4NC(=O)NC4C3)CC2)CC(C(=O)NCCCN(CC)CC)C1. The van der Waals surface area contributed by atoms with Gasteiger partial charge in [-0.2, -0.15) is 10.2 Å². The van der Waals surface area contributed by atoms with E-state index in [0.29, 0.717) is 77.3 Å². The highest BCUT2D eigenvalue weighted by molar-refractivity contribution is 7.90. The normalized spacial score (nSPS) is 28.4. The van der Waals surface area contributed by atoms with Gasteiger partial charge in [0.25, 0.3) is 5.91 Å². The monoisotopic (exact) mass is 823 g/mol. The summed E-state index contributed by atoms with van der Waals surface area (Å²) in [5.41, 5.74) is 0. The first-order valence-corrected chi connectivity index (χ1v) is 23.1. The second-order valence-electron chi connectivity index (χ2n) is 16.3. The molecule has 4 rings (SSSR count). The Hall–Kier alpha value is -3.22. The number of carbonyl (C=O) groups is 5. The third-order valence-corrected chi connectivity index (χ3v) is 14.4. The van der Waals surface area contributed by atoms with Crippen molar-refractivity contribution in [1.29, 1.82) is 0 Å². The van der Waals surface area contributed by atoms with Crippen molar-refractivity contribution < 1.29 is 32.4 Å². The van der Waals surface area contributed by atoms with Crippen molar-refractivity contribution in [3.05, 3.63) is 0 Å². The number of hydrogen-bond acceptors (Lipinski definition) is 11. The van der Waals surface area contributed by atoms with E-state index >= 15 is 0 Å². The highest BCUT2D eigenvalue weighted by atomic mass is 32.2. The van der Waals surface area contributed by atoms with E-state index in [1.165, 1.54) is 6.92 Å². The largest absolute Gasteiger partial charge is 0.356 e. The molecular weight excluding hydrogens is 753 g/mol. The number of ketones is 1. The minimum Gasteiger partial charge on any atom is -0.356 e. The summed E-state index contributed by atoms with van der Waals surface area (Å²) in [5, 5.41) is 22.5. The maximum absolute atomic E-state index is 13.8. The Morgan fingerprint density at radius 2 is 1.28 bits per heavy atom. The highest BCUT2D eigenvalue weighted by Gasteiger charge is 2.41. The number of amides is 5. The van der Waals surface area contributed by atoms with E-state index in [4.69, 9.17) is 0 Å². The molecule has 5 amide bonds. The van der Waals surface area contributed by atoms with Gasteiger partial charge in [0.1, 0.15) is 0 Å². The molecule has 0 spiro atoms. The molecule has 6 N–H and O–H groups in total. The molecule has 1 saturated heterocycles. The molecule has 18 heteroatoms. The first-order chi connectivity index (χ1) is 27.3. The standard InChI is InChI=1S/C39H70N10O7S/c1-6-48(7-2)20-10-18-40-36(51)27-22-28(37(52)41-19-11-21-49(8-3)9-4)24-31(23-27)47-57(55,56)32-15-12-29(13-16-32)45-46-35(26(5)50)38(53)42-30-14-17-33-34(25-30)44-39(54)43-33/h27-35,47H,6-25H2,1-5H3,(H,40,51)(H,41,52)(H,42,53)(H2,43,44,54). The molecule has 0 aromatic rings. The Kier molecular flexibility index (Phi) is 18.6. The van der Waals surface area contributed by atoms with Crippen LogP contribution in [0.1, 0.15) is 112 Å². The summed E-state index contributed by atoms with van der Waals surface area (Å²) < 4.78 is 30.5. The van der Waals surface area contributed by atoms with E-state index in [9.17, 15) is 32.4 Å². The summed E-state index contributed by atoms with van der Waals surface area (Å²) in [5.74, 6) is -2.25. The van der Waals surface area contributed by atoms with Crippen molar-refractivity contribution in [3.8, 4) is 0 Å². The third-order valence-electron chi connectivity index (χ3n) is 12.4. The van der Waals surface area contributed by atoms with Gasteiger partial charge >= 0.3 is 6.03 Å². The zero-order chi connectivity index (χ0) is 41.5. The maximum atomic E-state index is 13.8. The fourth-order valence-corrected chi connectivity index (χ4v) is 10.6. The van der Waals surface area contributed by atoms with Crippen LogP contribution in [0.4, 0.5) is 4.79 Å². The minimum atomic E-state index is -3.81. The van der Waals surface area contributed by atoms with Crippen LogP contribution >= 0.6 is 0 Å². The lowest BCUT2D eigenvalue weighted by Gasteiger charge is -2.35. The van der Waals surface area contributed by atoms with Crippen molar-refractivity contribution in [3.63, 3.8) is 0 Å². The lowest BCUT2D eigenvalue weighted by atomic mass is 9.78. The molecule has 3 aliphatic carbocycles. The van der Waals surface area contributed by atoms with E-state index in [0.717, 1.165) is 52.1 Å². The van der Waals surface area contributed by atoms with Crippen LogP contribution in [0.5, 0.6) is 0 Å². The van der Waals surface area contributed by atoms with Crippen molar-refractivity contribution in [2.45, 2.75) is 153 Å². The fraction of sp³-hybridized carbons (Fsp3) is 0.872. The van der Waals surface area contributed by atoms with Crippen molar-refractivity contribution in [1.82, 2.24) is 41.1 Å².